The minimum Gasteiger partial charge on any atom is -1.00 e. The molecule has 96 valence electrons. The van der Waals surface area contributed by atoms with Gasteiger partial charge in [-0.15, -0.1) is 0 Å². The lowest BCUT2D eigenvalue weighted by Gasteiger charge is -2.07. The molecule has 3 rings (SSSR count). The second-order valence-electron chi connectivity index (χ2n) is 3.92. The maximum atomic E-state index is 5.45. The maximum absolute atomic E-state index is 5.45. The number of benzene rings is 1. The fourth-order valence-electron chi connectivity index (χ4n) is 2.10. The summed E-state index contributed by atoms with van der Waals surface area (Å²) in [6.07, 6.45) is 4.11. The first-order valence-corrected chi connectivity index (χ1v) is 5.63. The van der Waals surface area contributed by atoms with E-state index in [2.05, 4.69) is 23.8 Å². The van der Waals surface area contributed by atoms with Crippen molar-refractivity contribution >= 4 is 10.8 Å². The van der Waals surface area contributed by atoms with E-state index in [-0.39, 0.29) is 23.8 Å². The fourth-order valence-corrected chi connectivity index (χ4v) is 2.10. The highest BCUT2D eigenvalue weighted by Gasteiger charge is 2.23. The first-order chi connectivity index (χ1) is 8.33. The van der Waals surface area contributed by atoms with E-state index >= 15 is 0 Å². The zero-order valence-corrected chi connectivity index (χ0v) is 11.9. The largest absolute Gasteiger partial charge is 1.00 e. The number of aryl methyl sites for hydroxylation is 1. The van der Waals surface area contributed by atoms with E-state index in [0.717, 1.165) is 28.8 Å². The molecule has 0 aliphatic carbocycles. The Morgan fingerprint density at radius 2 is 2.22 bits per heavy atom. The topological polar surface area (TPSA) is 31.6 Å². The third-order valence-electron chi connectivity index (χ3n) is 3.00. The molecule has 2 aromatic rings. The van der Waals surface area contributed by atoms with Crippen LogP contribution in [0.5, 0.6) is 17.2 Å². The normalized spacial score (nSPS) is 12.3. The van der Waals surface area contributed by atoms with Crippen molar-refractivity contribution in [3.63, 3.8) is 0 Å². The first-order valence-electron chi connectivity index (χ1n) is 5.63. The molecular formula is C13H14BrNO3. The van der Waals surface area contributed by atoms with Gasteiger partial charge in [0.05, 0.1) is 12.5 Å². The number of hydrogen-bond acceptors (Lipinski definition) is 3. The van der Waals surface area contributed by atoms with Crippen LogP contribution in [-0.2, 0) is 6.54 Å². The van der Waals surface area contributed by atoms with Crippen LogP contribution in [0, 0.1) is 0 Å². The van der Waals surface area contributed by atoms with Gasteiger partial charge in [-0.1, -0.05) is 0 Å². The summed E-state index contributed by atoms with van der Waals surface area (Å²) in [5.74, 6) is 2.20. The van der Waals surface area contributed by atoms with E-state index in [1.54, 1.807) is 7.11 Å². The number of methoxy groups -OCH3 is 1. The van der Waals surface area contributed by atoms with Gasteiger partial charge in [0.15, 0.2) is 23.9 Å². The summed E-state index contributed by atoms with van der Waals surface area (Å²) in [7, 11) is 1.65. The number of aromatic nitrogens is 1. The van der Waals surface area contributed by atoms with Crippen molar-refractivity contribution in [3.8, 4) is 17.2 Å². The van der Waals surface area contributed by atoms with Crippen molar-refractivity contribution in [1.29, 1.82) is 0 Å². The summed E-state index contributed by atoms with van der Waals surface area (Å²) < 4.78 is 18.4. The van der Waals surface area contributed by atoms with Crippen molar-refractivity contribution in [2.24, 2.45) is 0 Å². The van der Waals surface area contributed by atoms with Gasteiger partial charge >= 0.3 is 0 Å². The number of nitrogens with zero attached hydrogens (tertiary/aromatic N) is 1. The summed E-state index contributed by atoms with van der Waals surface area (Å²) in [5.41, 5.74) is 0. The van der Waals surface area contributed by atoms with Crippen molar-refractivity contribution in [2.45, 2.75) is 13.5 Å². The number of hydrogen-bond donors (Lipinski definition) is 0. The average molecular weight is 312 g/mol. The number of ether oxygens (including phenoxy) is 3. The Bertz CT molecular complexity index is 586. The lowest BCUT2D eigenvalue weighted by Crippen LogP contribution is -3.00. The molecule has 1 aromatic heterocycles. The lowest BCUT2D eigenvalue weighted by molar-refractivity contribution is -0.692. The minimum atomic E-state index is 0. The van der Waals surface area contributed by atoms with Crippen LogP contribution >= 0.6 is 0 Å². The smallest absolute Gasteiger partial charge is 0.231 e. The molecule has 18 heavy (non-hydrogen) atoms. The summed E-state index contributed by atoms with van der Waals surface area (Å²) >= 11 is 0. The van der Waals surface area contributed by atoms with Crippen LogP contribution in [0.1, 0.15) is 6.92 Å². The van der Waals surface area contributed by atoms with Gasteiger partial charge in [-0.05, 0) is 13.0 Å². The Kier molecular flexibility index (Phi) is 3.61. The van der Waals surface area contributed by atoms with Crippen molar-refractivity contribution in [3.05, 3.63) is 24.5 Å². The molecule has 0 N–H and O–H groups in total. The quantitative estimate of drug-likeness (QED) is 0.659. The van der Waals surface area contributed by atoms with Crippen molar-refractivity contribution < 1.29 is 35.8 Å². The van der Waals surface area contributed by atoms with Crippen LogP contribution < -0.4 is 35.8 Å². The van der Waals surface area contributed by atoms with Gasteiger partial charge in [-0.3, -0.25) is 0 Å². The minimum absolute atomic E-state index is 0. The molecule has 5 heteroatoms. The van der Waals surface area contributed by atoms with Crippen LogP contribution in [-0.4, -0.2) is 13.9 Å². The molecular weight excluding hydrogens is 298 g/mol. The molecule has 2 heterocycles. The Morgan fingerprint density at radius 1 is 1.39 bits per heavy atom. The molecule has 0 saturated heterocycles. The SMILES string of the molecule is CC[n+]1ccc2cc3c(c(OC)c2c1)OCO3.[Br-]. The fraction of sp³-hybridized carbons (Fsp3) is 0.308. The van der Waals surface area contributed by atoms with Crippen LogP contribution in [0.2, 0.25) is 0 Å². The first kappa shape index (κ1) is 13.0. The molecule has 0 saturated carbocycles. The van der Waals surface area contributed by atoms with Gasteiger partial charge in [0.25, 0.3) is 0 Å². The molecule has 1 aliphatic heterocycles. The molecule has 0 fully saturated rings. The number of rotatable bonds is 2. The second kappa shape index (κ2) is 5.02. The van der Waals surface area contributed by atoms with Gasteiger partial charge in [0.2, 0.25) is 12.5 Å². The second-order valence-corrected chi connectivity index (χ2v) is 3.92. The third-order valence-corrected chi connectivity index (χ3v) is 3.00. The molecule has 0 radical (unpaired) electrons. The molecule has 0 spiro atoms. The highest BCUT2D eigenvalue weighted by Crippen LogP contribution is 2.45. The monoisotopic (exact) mass is 311 g/mol. The third kappa shape index (κ3) is 1.88. The number of fused-ring (bicyclic) bond motifs is 2. The Morgan fingerprint density at radius 3 is 2.94 bits per heavy atom. The van der Waals surface area contributed by atoms with E-state index in [0.29, 0.717) is 5.75 Å². The van der Waals surface area contributed by atoms with Crippen LogP contribution in [0.25, 0.3) is 10.8 Å². The lowest BCUT2D eigenvalue weighted by atomic mass is 10.1. The van der Waals surface area contributed by atoms with Gasteiger partial charge < -0.3 is 31.2 Å². The number of pyridine rings is 1. The van der Waals surface area contributed by atoms with E-state index in [1.165, 1.54) is 0 Å². The standard InChI is InChI=1S/C13H14NO3.BrH/c1-3-14-5-4-9-6-11-13(17-8-16-11)12(15-2)10(9)7-14;/h4-7H,3,8H2,1-2H3;1H/q+1;/p-1. The van der Waals surface area contributed by atoms with E-state index in [9.17, 15) is 0 Å². The predicted octanol–water partition coefficient (Wildman–Crippen LogP) is -1.11. The van der Waals surface area contributed by atoms with Gasteiger partial charge in [0, 0.05) is 11.5 Å². The highest BCUT2D eigenvalue weighted by molar-refractivity contribution is 5.92. The van der Waals surface area contributed by atoms with Crippen molar-refractivity contribution in [2.75, 3.05) is 13.9 Å². The highest BCUT2D eigenvalue weighted by atomic mass is 79.9. The summed E-state index contributed by atoms with van der Waals surface area (Å²) in [5, 5.41) is 2.14. The van der Waals surface area contributed by atoms with Crippen LogP contribution in [0.4, 0.5) is 0 Å². The summed E-state index contributed by atoms with van der Waals surface area (Å²) in [6, 6.07) is 4.05. The Hall–Kier alpha value is -1.49. The van der Waals surface area contributed by atoms with Gasteiger partial charge in [0.1, 0.15) is 6.54 Å². The van der Waals surface area contributed by atoms with Crippen LogP contribution in [0.3, 0.4) is 0 Å². The van der Waals surface area contributed by atoms with Crippen molar-refractivity contribution in [1.82, 2.24) is 0 Å². The molecule has 0 unspecified atom stereocenters. The number of halogens is 1. The van der Waals surface area contributed by atoms with Gasteiger partial charge in [-0.2, -0.15) is 0 Å². The molecule has 1 aromatic carbocycles. The molecule has 1 aliphatic rings. The van der Waals surface area contributed by atoms with E-state index in [4.69, 9.17) is 14.2 Å². The Labute approximate surface area is 116 Å². The summed E-state index contributed by atoms with van der Waals surface area (Å²) in [4.78, 5) is 0. The molecule has 0 atom stereocenters. The average Bonchev–Trinajstić information content (AvgIpc) is 2.82. The van der Waals surface area contributed by atoms with E-state index in [1.807, 2.05) is 12.3 Å². The maximum Gasteiger partial charge on any atom is 0.231 e. The molecule has 0 amide bonds. The molecule has 0 bridgehead atoms. The molecule has 4 nitrogen and oxygen atoms in total. The van der Waals surface area contributed by atoms with Crippen LogP contribution in [0.15, 0.2) is 24.5 Å². The van der Waals surface area contributed by atoms with Gasteiger partial charge in [-0.25, -0.2) is 4.57 Å². The zero-order chi connectivity index (χ0) is 11.8. The van der Waals surface area contributed by atoms with E-state index < -0.39 is 0 Å². The predicted molar refractivity (Wildman–Crippen MR) is 62.5 cm³/mol. The Balaban J connectivity index is 0.00000120. The zero-order valence-electron chi connectivity index (χ0n) is 10.3. The summed E-state index contributed by atoms with van der Waals surface area (Å²) in [6.45, 7) is 3.29.